The van der Waals surface area contributed by atoms with Crippen LogP contribution in [0.2, 0.25) is 0 Å². The summed E-state index contributed by atoms with van der Waals surface area (Å²) in [5.74, 6) is -0.0102. The van der Waals surface area contributed by atoms with E-state index in [1.165, 1.54) is 0 Å². The third-order valence-corrected chi connectivity index (χ3v) is 4.80. The Balaban J connectivity index is 1.54. The van der Waals surface area contributed by atoms with Gasteiger partial charge in [-0.15, -0.1) is 22.7 Å². The highest BCUT2D eigenvalue weighted by Gasteiger charge is 2.04. The van der Waals surface area contributed by atoms with Gasteiger partial charge in [0.15, 0.2) is 0 Å². The van der Waals surface area contributed by atoms with E-state index in [1.54, 1.807) is 22.7 Å². The minimum absolute atomic E-state index is 0.0102. The summed E-state index contributed by atoms with van der Waals surface area (Å²) in [6, 6.07) is 9.96. The first kappa shape index (κ1) is 14.0. The highest BCUT2D eigenvalue weighted by molar-refractivity contribution is 7.18. The molecule has 0 atom stereocenters. The molecule has 2 aromatic heterocycles. The number of nitrogens with one attached hydrogen (secondary N) is 2. The first-order chi connectivity index (χ1) is 10.2. The molecule has 0 aliphatic rings. The van der Waals surface area contributed by atoms with Gasteiger partial charge in [-0.3, -0.25) is 4.79 Å². The number of hydrogen-bond acceptors (Lipinski definition) is 5. The zero-order valence-electron chi connectivity index (χ0n) is 11.6. The number of thiophene rings is 1. The van der Waals surface area contributed by atoms with E-state index < -0.39 is 0 Å². The van der Waals surface area contributed by atoms with E-state index in [1.807, 2.05) is 42.6 Å². The topological polar surface area (TPSA) is 54.0 Å². The molecule has 0 bridgehead atoms. The Bertz CT molecular complexity index is 749. The monoisotopic (exact) mass is 317 g/mol. The number of thiazole rings is 1. The van der Waals surface area contributed by atoms with Crippen molar-refractivity contribution in [2.75, 3.05) is 11.9 Å². The predicted molar refractivity (Wildman–Crippen MR) is 89.0 cm³/mol. The largest absolute Gasteiger partial charge is 0.376 e. The zero-order valence-corrected chi connectivity index (χ0v) is 13.2. The van der Waals surface area contributed by atoms with E-state index in [0.29, 0.717) is 6.54 Å². The smallest absolute Gasteiger partial charge is 0.239 e. The molecule has 3 rings (SSSR count). The number of hydrogen-bond donors (Lipinski definition) is 2. The molecule has 1 aromatic carbocycles. The lowest BCUT2D eigenvalue weighted by molar-refractivity contribution is -0.119. The summed E-state index contributed by atoms with van der Waals surface area (Å²) in [6.07, 6.45) is 0. The van der Waals surface area contributed by atoms with Gasteiger partial charge in [-0.05, 0) is 36.6 Å². The number of aryl methyl sites for hydroxylation is 1. The number of anilines is 1. The van der Waals surface area contributed by atoms with E-state index >= 15 is 0 Å². The third kappa shape index (κ3) is 3.59. The lowest BCUT2D eigenvalue weighted by atomic mass is 10.3. The Morgan fingerprint density at radius 1 is 1.33 bits per heavy atom. The Kier molecular flexibility index (Phi) is 4.17. The number of carbonyl (C=O) groups excluding carboxylic acids is 1. The van der Waals surface area contributed by atoms with Crippen molar-refractivity contribution >= 4 is 44.5 Å². The Morgan fingerprint density at radius 3 is 3.05 bits per heavy atom. The van der Waals surface area contributed by atoms with Crippen molar-refractivity contribution < 1.29 is 4.79 Å². The van der Waals surface area contributed by atoms with Crippen molar-refractivity contribution in [2.24, 2.45) is 0 Å². The van der Waals surface area contributed by atoms with E-state index in [0.717, 1.165) is 25.8 Å². The second kappa shape index (κ2) is 6.24. The van der Waals surface area contributed by atoms with Crippen molar-refractivity contribution in [1.29, 1.82) is 0 Å². The SMILES string of the molecule is Cc1nc2ccc(NCC(=O)NCc3cccs3)cc2s1. The van der Waals surface area contributed by atoms with Crippen molar-refractivity contribution in [3.8, 4) is 0 Å². The first-order valence-electron chi connectivity index (χ1n) is 6.61. The van der Waals surface area contributed by atoms with Crippen molar-refractivity contribution in [2.45, 2.75) is 13.5 Å². The summed E-state index contributed by atoms with van der Waals surface area (Å²) in [6.45, 7) is 2.86. The molecule has 3 aromatic rings. The maximum Gasteiger partial charge on any atom is 0.239 e. The van der Waals surface area contributed by atoms with Crippen LogP contribution in [0.4, 0.5) is 5.69 Å². The summed E-state index contributed by atoms with van der Waals surface area (Å²) >= 11 is 3.30. The van der Waals surface area contributed by atoms with Crippen LogP contribution in [0.1, 0.15) is 9.88 Å². The van der Waals surface area contributed by atoms with Crippen molar-refractivity contribution in [1.82, 2.24) is 10.3 Å². The number of fused-ring (bicyclic) bond motifs is 1. The van der Waals surface area contributed by atoms with Crippen LogP contribution in [0.25, 0.3) is 10.2 Å². The van der Waals surface area contributed by atoms with E-state index in [-0.39, 0.29) is 12.5 Å². The molecule has 2 heterocycles. The van der Waals surface area contributed by atoms with Gasteiger partial charge in [0.1, 0.15) is 0 Å². The molecule has 108 valence electrons. The molecule has 6 heteroatoms. The fraction of sp³-hybridized carbons (Fsp3) is 0.200. The quantitative estimate of drug-likeness (QED) is 0.758. The molecule has 0 saturated heterocycles. The molecule has 2 N–H and O–H groups in total. The van der Waals surface area contributed by atoms with Gasteiger partial charge in [0.25, 0.3) is 0 Å². The highest BCUT2D eigenvalue weighted by atomic mass is 32.1. The lowest BCUT2D eigenvalue weighted by Gasteiger charge is -2.07. The minimum atomic E-state index is -0.0102. The number of carbonyl (C=O) groups is 1. The molecule has 21 heavy (non-hydrogen) atoms. The molecule has 1 amide bonds. The highest BCUT2D eigenvalue weighted by Crippen LogP contribution is 2.24. The maximum absolute atomic E-state index is 11.8. The van der Waals surface area contributed by atoms with Crippen LogP contribution in [-0.2, 0) is 11.3 Å². The number of nitrogens with zero attached hydrogens (tertiary/aromatic N) is 1. The maximum atomic E-state index is 11.8. The summed E-state index contributed by atoms with van der Waals surface area (Å²) in [7, 11) is 0. The van der Waals surface area contributed by atoms with Crippen molar-refractivity contribution in [3.05, 3.63) is 45.6 Å². The fourth-order valence-corrected chi connectivity index (χ4v) is 3.50. The third-order valence-electron chi connectivity index (χ3n) is 2.99. The molecular weight excluding hydrogens is 302 g/mol. The predicted octanol–water partition coefficient (Wildman–Crippen LogP) is 3.39. The molecular formula is C15H15N3OS2. The Hall–Kier alpha value is -1.92. The molecule has 0 aliphatic heterocycles. The lowest BCUT2D eigenvalue weighted by Crippen LogP contribution is -2.29. The van der Waals surface area contributed by atoms with Crippen LogP contribution in [0.3, 0.4) is 0 Å². The number of aromatic nitrogens is 1. The van der Waals surface area contributed by atoms with Gasteiger partial charge in [-0.25, -0.2) is 4.98 Å². The van der Waals surface area contributed by atoms with Crippen LogP contribution < -0.4 is 10.6 Å². The Morgan fingerprint density at radius 2 is 2.24 bits per heavy atom. The molecule has 4 nitrogen and oxygen atoms in total. The van der Waals surface area contributed by atoms with E-state index in [2.05, 4.69) is 15.6 Å². The van der Waals surface area contributed by atoms with Crippen LogP contribution in [0, 0.1) is 6.92 Å². The van der Waals surface area contributed by atoms with Crippen molar-refractivity contribution in [3.63, 3.8) is 0 Å². The Labute approximate surface area is 130 Å². The number of amides is 1. The summed E-state index contributed by atoms with van der Waals surface area (Å²) in [4.78, 5) is 17.4. The van der Waals surface area contributed by atoms with Crippen LogP contribution in [-0.4, -0.2) is 17.4 Å². The van der Waals surface area contributed by atoms with Gasteiger partial charge in [-0.2, -0.15) is 0 Å². The van der Waals surface area contributed by atoms with Crippen LogP contribution >= 0.6 is 22.7 Å². The second-order valence-electron chi connectivity index (χ2n) is 4.63. The first-order valence-corrected chi connectivity index (χ1v) is 8.30. The number of benzene rings is 1. The minimum Gasteiger partial charge on any atom is -0.376 e. The summed E-state index contributed by atoms with van der Waals surface area (Å²) < 4.78 is 1.14. The van der Waals surface area contributed by atoms with E-state index in [9.17, 15) is 4.79 Å². The fourth-order valence-electron chi connectivity index (χ4n) is 1.99. The normalized spacial score (nSPS) is 10.7. The average Bonchev–Trinajstić information content (AvgIpc) is 3.10. The van der Waals surface area contributed by atoms with Gasteiger partial charge in [0.05, 0.1) is 28.3 Å². The van der Waals surface area contributed by atoms with Gasteiger partial charge in [0, 0.05) is 10.6 Å². The zero-order chi connectivity index (χ0) is 14.7. The van der Waals surface area contributed by atoms with Gasteiger partial charge >= 0.3 is 0 Å². The van der Waals surface area contributed by atoms with Gasteiger partial charge in [-0.1, -0.05) is 6.07 Å². The molecule has 0 unspecified atom stereocenters. The molecule has 0 spiro atoms. The van der Waals surface area contributed by atoms with Crippen LogP contribution in [0.15, 0.2) is 35.7 Å². The number of rotatable bonds is 5. The molecule has 0 saturated carbocycles. The second-order valence-corrected chi connectivity index (χ2v) is 6.89. The molecule has 0 fully saturated rings. The average molecular weight is 317 g/mol. The van der Waals surface area contributed by atoms with E-state index in [4.69, 9.17) is 0 Å². The summed E-state index contributed by atoms with van der Waals surface area (Å²) in [5.41, 5.74) is 1.95. The molecule has 0 radical (unpaired) electrons. The molecule has 0 aliphatic carbocycles. The van der Waals surface area contributed by atoms with Crippen LogP contribution in [0.5, 0.6) is 0 Å². The van der Waals surface area contributed by atoms with Gasteiger partial charge in [0.2, 0.25) is 5.91 Å². The standard InChI is InChI=1S/C15H15N3OS2/c1-10-18-13-5-4-11(7-14(13)21-10)16-9-15(19)17-8-12-3-2-6-20-12/h2-7,16H,8-9H2,1H3,(H,17,19). The van der Waals surface area contributed by atoms with Gasteiger partial charge < -0.3 is 10.6 Å². The summed E-state index contributed by atoms with van der Waals surface area (Å²) in [5, 5.41) is 9.10.